The van der Waals surface area contributed by atoms with Crippen LogP contribution in [0.25, 0.3) is 0 Å². The zero-order chi connectivity index (χ0) is 6.70. The molecule has 52 valence electrons. The van der Waals surface area contributed by atoms with E-state index in [1.54, 1.807) is 0 Å². The van der Waals surface area contributed by atoms with Crippen LogP contribution in [0.2, 0.25) is 0 Å². The van der Waals surface area contributed by atoms with Gasteiger partial charge in [0.2, 0.25) is 0 Å². The van der Waals surface area contributed by atoms with Crippen LogP contribution in [-0.2, 0) is 0 Å². The number of hydrogen-bond donors (Lipinski definition) is 1. The standard InChI is InChI=1S/C6H9F2N/c7-6(8)3-5(6,9)4-1-2-4/h4H,1-3,9H2. The van der Waals surface area contributed by atoms with Gasteiger partial charge in [-0.05, 0) is 18.8 Å². The molecule has 1 atom stereocenters. The Morgan fingerprint density at radius 1 is 1.33 bits per heavy atom. The average molecular weight is 133 g/mol. The molecule has 0 heterocycles. The molecule has 2 saturated carbocycles. The summed E-state index contributed by atoms with van der Waals surface area (Å²) < 4.78 is 24.7. The van der Waals surface area contributed by atoms with Crippen molar-refractivity contribution in [3.63, 3.8) is 0 Å². The molecule has 2 fully saturated rings. The summed E-state index contributed by atoms with van der Waals surface area (Å²) in [4.78, 5) is 0. The third-order valence-corrected chi connectivity index (χ3v) is 2.38. The molecule has 2 aliphatic rings. The van der Waals surface area contributed by atoms with Crippen LogP contribution in [0.15, 0.2) is 0 Å². The summed E-state index contributed by atoms with van der Waals surface area (Å²) in [5, 5.41) is 0. The Labute approximate surface area is 52.2 Å². The van der Waals surface area contributed by atoms with Gasteiger partial charge in [-0.3, -0.25) is 0 Å². The Balaban J connectivity index is 2.11. The lowest BCUT2D eigenvalue weighted by molar-refractivity contribution is 0.0839. The second-order valence-electron chi connectivity index (χ2n) is 3.20. The van der Waals surface area contributed by atoms with E-state index < -0.39 is 11.5 Å². The number of rotatable bonds is 1. The van der Waals surface area contributed by atoms with Crippen LogP contribution in [-0.4, -0.2) is 11.5 Å². The molecule has 9 heavy (non-hydrogen) atoms. The third-order valence-electron chi connectivity index (χ3n) is 2.38. The van der Waals surface area contributed by atoms with E-state index in [4.69, 9.17) is 5.73 Å². The van der Waals surface area contributed by atoms with Crippen LogP contribution >= 0.6 is 0 Å². The second-order valence-corrected chi connectivity index (χ2v) is 3.20. The van der Waals surface area contributed by atoms with Crippen LogP contribution in [0.4, 0.5) is 8.78 Å². The van der Waals surface area contributed by atoms with Gasteiger partial charge in [-0.2, -0.15) is 0 Å². The zero-order valence-electron chi connectivity index (χ0n) is 5.03. The summed E-state index contributed by atoms with van der Waals surface area (Å²) in [5.74, 6) is -2.40. The fourth-order valence-corrected chi connectivity index (χ4v) is 1.36. The van der Waals surface area contributed by atoms with Crippen molar-refractivity contribution in [2.75, 3.05) is 0 Å². The van der Waals surface area contributed by atoms with E-state index in [1.807, 2.05) is 0 Å². The highest BCUT2D eigenvalue weighted by Gasteiger charge is 2.74. The second kappa shape index (κ2) is 1.15. The highest BCUT2D eigenvalue weighted by molar-refractivity contribution is 5.22. The topological polar surface area (TPSA) is 26.0 Å². The van der Waals surface area contributed by atoms with Crippen molar-refractivity contribution in [1.82, 2.24) is 0 Å². The summed E-state index contributed by atoms with van der Waals surface area (Å²) in [6.07, 6.45) is 1.74. The van der Waals surface area contributed by atoms with Crippen molar-refractivity contribution in [2.45, 2.75) is 30.7 Å². The van der Waals surface area contributed by atoms with Gasteiger partial charge < -0.3 is 5.73 Å². The molecule has 3 heteroatoms. The molecule has 0 saturated heterocycles. The van der Waals surface area contributed by atoms with Gasteiger partial charge in [0.1, 0.15) is 0 Å². The minimum atomic E-state index is -2.53. The fourth-order valence-electron chi connectivity index (χ4n) is 1.36. The maximum Gasteiger partial charge on any atom is 0.268 e. The molecule has 0 aromatic carbocycles. The molecule has 0 radical (unpaired) electrons. The van der Waals surface area contributed by atoms with Gasteiger partial charge in [-0.25, -0.2) is 8.78 Å². The molecular weight excluding hydrogens is 124 g/mol. The smallest absolute Gasteiger partial charge is 0.268 e. The molecule has 0 aromatic rings. The molecule has 0 spiro atoms. The first-order valence-electron chi connectivity index (χ1n) is 3.23. The highest BCUT2D eigenvalue weighted by Crippen LogP contribution is 2.61. The number of nitrogens with two attached hydrogens (primary N) is 1. The highest BCUT2D eigenvalue weighted by atomic mass is 19.3. The van der Waals surface area contributed by atoms with Crippen molar-refractivity contribution in [3.05, 3.63) is 0 Å². The Morgan fingerprint density at radius 3 is 1.89 bits per heavy atom. The zero-order valence-corrected chi connectivity index (χ0v) is 5.03. The first-order valence-corrected chi connectivity index (χ1v) is 3.23. The monoisotopic (exact) mass is 133 g/mol. The number of halogens is 2. The summed E-state index contributed by atoms with van der Waals surface area (Å²) >= 11 is 0. The van der Waals surface area contributed by atoms with Gasteiger partial charge in [0.15, 0.2) is 0 Å². The van der Waals surface area contributed by atoms with E-state index in [9.17, 15) is 8.78 Å². The molecular formula is C6H9F2N. The number of alkyl halides is 2. The van der Waals surface area contributed by atoms with E-state index >= 15 is 0 Å². The fraction of sp³-hybridized carbons (Fsp3) is 1.00. The van der Waals surface area contributed by atoms with Gasteiger partial charge in [0, 0.05) is 6.42 Å². The van der Waals surface area contributed by atoms with Crippen molar-refractivity contribution in [2.24, 2.45) is 11.7 Å². The lowest BCUT2D eigenvalue weighted by Crippen LogP contribution is -2.32. The Hall–Kier alpha value is -0.180. The number of hydrogen-bond acceptors (Lipinski definition) is 1. The van der Waals surface area contributed by atoms with E-state index in [0.717, 1.165) is 12.8 Å². The lowest BCUT2D eigenvalue weighted by atomic mass is 10.2. The Bertz CT molecular complexity index is 153. The maximum absolute atomic E-state index is 12.3. The van der Waals surface area contributed by atoms with Gasteiger partial charge in [0.25, 0.3) is 5.92 Å². The molecule has 1 nitrogen and oxygen atoms in total. The minimum absolute atomic E-state index is 0.0787. The molecule has 0 amide bonds. The van der Waals surface area contributed by atoms with Crippen LogP contribution in [0.3, 0.4) is 0 Å². The summed E-state index contributed by atoms with van der Waals surface area (Å²) in [7, 11) is 0. The van der Waals surface area contributed by atoms with Crippen molar-refractivity contribution < 1.29 is 8.78 Å². The molecule has 2 rings (SSSR count). The molecule has 2 N–H and O–H groups in total. The average Bonchev–Trinajstić information content (AvgIpc) is 2.45. The van der Waals surface area contributed by atoms with Gasteiger partial charge in [-0.1, -0.05) is 0 Å². The molecule has 2 aliphatic carbocycles. The summed E-state index contributed by atoms with van der Waals surface area (Å²) in [5.41, 5.74) is 4.30. The summed E-state index contributed by atoms with van der Waals surface area (Å²) in [6.45, 7) is 0. The third kappa shape index (κ3) is 0.556. The van der Waals surface area contributed by atoms with E-state index in [-0.39, 0.29) is 12.3 Å². The van der Waals surface area contributed by atoms with Crippen LogP contribution in [0, 0.1) is 5.92 Å². The lowest BCUT2D eigenvalue weighted by Gasteiger charge is -2.05. The van der Waals surface area contributed by atoms with Gasteiger partial charge >= 0.3 is 0 Å². The Morgan fingerprint density at radius 2 is 1.78 bits per heavy atom. The van der Waals surface area contributed by atoms with Crippen molar-refractivity contribution >= 4 is 0 Å². The van der Waals surface area contributed by atoms with Gasteiger partial charge in [0.05, 0.1) is 5.54 Å². The quantitative estimate of drug-likeness (QED) is 0.570. The van der Waals surface area contributed by atoms with Crippen LogP contribution in [0.1, 0.15) is 19.3 Å². The largest absolute Gasteiger partial charge is 0.320 e. The normalized spacial score (nSPS) is 47.0. The van der Waals surface area contributed by atoms with E-state index in [2.05, 4.69) is 0 Å². The van der Waals surface area contributed by atoms with E-state index in [0.29, 0.717) is 0 Å². The van der Waals surface area contributed by atoms with Crippen molar-refractivity contribution in [3.8, 4) is 0 Å². The predicted molar refractivity (Wildman–Crippen MR) is 29.2 cm³/mol. The first kappa shape index (κ1) is 5.59. The van der Waals surface area contributed by atoms with E-state index in [1.165, 1.54) is 0 Å². The molecule has 0 aromatic heterocycles. The summed E-state index contributed by atoms with van der Waals surface area (Å²) in [6, 6.07) is 0. The molecule has 0 aliphatic heterocycles. The maximum atomic E-state index is 12.3. The van der Waals surface area contributed by atoms with Crippen LogP contribution in [0.5, 0.6) is 0 Å². The Kier molecular flexibility index (Phi) is 0.712. The predicted octanol–water partition coefficient (Wildman–Crippen LogP) is 1.13. The molecule has 1 unspecified atom stereocenters. The minimum Gasteiger partial charge on any atom is -0.320 e. The van der Waals surface area contributed by atoms with Crippen molar-refractivity contribution in [1.29, 1.82) is 0 Å². The van der Waals surface area contributed by atoms with Gasteiger partial charge in [-0.15, -0.1) is 0 Å². The first-order chi connectivity index (χ1) is 4.06. The molecule has 0 bridgehead atoms. The van der Waals surface area contributed by atoms with Crippen LogP contribution < -0.4 is 5.73 Å². The SMILES string of the molecule is NC1(C2CC2)CC1(F)F.